The molecule has 6 unspecified atom stereocenters. The lowest BCUT2D eigenvalue weighted by Crippen LogP contribution is -2.71. The summed E-state index contributed by atoms with van der Waals surface area (Å²) < 4.78 is 25.2. The Hall–Kier alpha value is -2.61. The molecule has 1 N–H and O–H groups in total. The summed E-state index contributed by atoms with van der Waals surface area (Å²) >= 11 is 0. The van der Waals surface area contributed by atoms with Gasteiger partial charge in [0.15, 0.2) is 11.5 Å². The minimum Gasteiger partial charge on any atom is -0.493 e. The Morgan fingerprint density at radius 3 is 2.72 bits per heavy atom. The number of hydrogen-bond donors (Lipinski definition) is 1. The number of hydrogen-bond acceptors (Lipinski definition) is 6. The smallest absolute Gasteiger partial charge is 0.317 e. The van der Waals surface area contributed by atoms with Gasteiger partial charge in [-0.25, -0.2) is 0 Å². The molecule has 0 aromatic heterocycles. The lowest BCUT2D eigenvalue weighted by molar-refractivity contribution is -0.190. The van der Waals surface area contributed by atoms with Crippen molar-refractivity contribution < 1.29 is 28.8 Å². The van der Waals surface area contributed by atoms with E-state index in [1.165, 1.54) is 11.1 Å². The molecule has 192 valence electrons. The van der Waals surface area contributed by atoms with Crippen molar-refractivity contribution in [3.05, 3.63) is 59.2 Å². The van der Waals surface area contributed by atoms with E-state index < -0.39 is 5.97 Å². The molecule has 1 spiro atoms. The van der Waals surface area contributed by atoms with Crippen molar-refractivity contribution in [3.63, 3.8) is 0 Å². The van der Waals surface area contributed by atoms with E-state index in [1.807, 2.05) is 24.3 Å². The van der Waals surface area contributed by atoms with Crippen molar-refractivity contribution in [1.29, 1.82) is 0 Å². The van der Waals surface area contributed by atoms with Gasteiger partial charge in [0.05, 0.1) is 26.9 Å². The summed E-state index contributed by atoms with van der Waals surface area (Å²) in [5.41, 5.74) is 3.17. The number of piperidine rings is 1. The van der Waals surface area contributed by atoms with Crippen molar-refractivity contribution in [2.45, 2.75) is 56.5 Å². The molecule has 2 aromatic carbocycles. The lowest BCUT2D eigenvalue weighted by atomic mass is 9.47. The van der Waals surface area contributed by atoms with Crippen LogP contribution in [0.5, 0.6) is 11.5 Å². The van der Waals surface area contributed by atoms with E-state index >= 15 is 0 Å². The summed E-state index contributed by atoms with van der Waals surface area (Å²) in [7, 11) is 3.47. The van der Waals surface area contributed by atoms with E-state index in [-0.39, 0.29) is 41.5 Å². The average molecular weight is 494 g/mol. The molecule has 2 heterocycles. The van der Waals surface area contributed by atoms with Gasteiger partial charge in [0, 0.05) is 36.1 Å². The number of likely N-dealkylation sites (tertiary alicyclic amines) is 1. The molecule has 2 aliphatic heterocycles. The van der Waals surface area contributed by atoms with Gasteiger partial charge in [-0.1, -0.05) is 43.3 Å². The standard InChI is InChI=1S/C29H35NO6/c1-28(17-35-16-18-7-5-4-6-8-18)14-20-21-13-19-9-10-22(33-2)25-24(19)29(20,27(36-25)26(28)34-3)11-12-30(21)15-23(31)32/h4-10,20-21,26-27H,11-17H2,1-3H3,(H,31,32). The second kappa shape index (κ2) is 8.75. The van der Waals surface area contributed by atoms with E-state index in [1.54, 1.807) is 14.2 Å². The van der Waals surface area contributed by atoms with Crippen LogP contribution < -0.4 is 9.47 Å². The molecule has 7 nitrogen and oxygen atoms in total. The molecular formula is C29H35NO6. The summed E-state index contributed by atoms with van der Waals surface area (Å²) in [4.78, 5) is 13.9. The third-order valence-electron chi connectivity index (χ3n) is 9.27. The van der Waals surface area contributed by atoms with Gasteiger partial charge in [0.1, 0.15) is 12.2 Å². The number of benzene rings is 2. The minimum atomic E-state index is -0.772. The van der Waals surface area contributed by atoms with Gasteiger partial charge in [-0.05, 0) is 42.4 Å². The van der Waals surface area contributed by atoms with Gasteiger partial charge in [0.25, 0.3) is 0 Å². The fourth-order valence-electron chi connectivity index (χ4n) is 7.90. The highest BCUT2D eigenvalue weighted by Gasteiger charge is 2.70. The SMILES string of the molecule is COc1ccc2c3c1OC1C(OC)C(C)(COCc4ccccc4)CC4C(C2)N(CC(=O)O)CCC341. The molecule has 36 heavy (non-hydrogen) atoms. The van der Waals surface area contributed by atoms with E-state index in [2.05, 4.69) is 30.0 Å². The van der Waals surface area contributed by atoms with E-state index in [0.29, 0.717) is 13.2 Å². The van der Waals surface area contributed by atoms with Crippen molar-refractivity contribution in [2.75, 3.05) is 33.9 Å². The average Bonchev–Trinajstić information content (AvgIpc) is 3.20. The highest BCUT2D eigenvalue weighted by atomic mass is 16.6. The highest BCUT2D eigenvalue weighted by molar-refractivity contribution is 5.69. The third kappa shape index (κ3) is 3.40. The number of ether oxygens (including phenoxy) is 4. The first-order valence-corrected chi connectivity index (χ1v) is 12.9. The van der Waals surface area contributed by atoms with E-state index in [4.69, 9.17) is 18.9 Å². The Bertz CT molecular complexity index is 1150. The first-order valence-electron chi connectivity index (χ1n) is 12.9. The van der Waals surface area contributed by atoms with Crippen molar-refractivity contribution in [1.82, 2.24) is 4.90 Å². The van der Waals surface area contributed by atoms with Crippen LogP contribution in [0.4, 0.5) is 0 Å². The summed E-state index contributed by atoms with van der Waals surface area (Å²) in [5.74, 6) is 1.09. The molecule has 4 aliphatic rings. The first-order chi connectivity index (χ1) is 17.4. The Morgan fingerprint density at radius 2 is 2.00 bits per heavy atom. The molecule has 2 aromatic rings. The Morgan fingerprint density at radius 1 is 1.19 bits per heavy atom. The topological polar surface area (TPSA) is 77.5 Å². The quantitative estimate of drug-likeness (QED) is 0.601. The second-order valence-electron chi connectivity index (χ2n) is 11.2. The normalized spacial score (nSPS) is 34.1. The molecule has 0 amide bonds. The fourth-order valence-corrected chi connectivity index (χ4v) is 7.90. The molecule has 2 bridgehead atoms. The molecule has 7 heteroatoms. The zero-order valence-corrected chi connectivity index (χ0v) is 21.2. The third-order valence-corrected chi connectivity index (χ3v) is 9.27. The van der Waals surface area contributed by atoms with Crippen LogP contribution >= 0.6 is 0 Å². The van der Waals surface area contributed by atoms with Crippen molar-refractivity contribution >= 4 is 5.97 Å². The summed E-state index contributed by atoms with van der Waals surface area (Å²) in [6.45, 7) is 4.13. The summed E-state index contributed by atoms with van der Waals surface area (Å²) in [6, 6.07) is 14.5. The van der Waals surface area contributed by atoms with Crippen LogP contribution in [-0.2, 0) is 32.7 Å². The Kier molecular flexibility index (Phi) is 5.78. The number of carbonyl (C=O) groups is 1. The van der Waals surface area contributed by atoms with Crippen LogP contribution in [0.1, 0.15) is 36.5 Å². The molecule has 2 fully saturated rings. The summed E-state index contributed by atoms with van der Waals surface area (Å²) in [5, 5.41) is 9.67. The number of rotatable bonds is 8. The lowest BCUT2D eigenvalue weighted by Gasteiger charge is -2.63. The maximum atomic E-state index is 11.8. The largest absolute Gasteiger partial charge is 0.493 e. The van der Waals surface area contributed by atoms with Crippen LogP contribution in [0.15, 0.2) is 42.5 Å². The van der Waals surface area contributed by atoms with Crippen LogP contribution in [0.2, 0.25) is 0 Å². The highest BCUT2D eigenvalue weighted by Crippen LogP contribution is 2.66. The minimum absolute atomic E-state index is 0.0655. The number of methoxy groups -OCH3 is 2. The van der Waals surface area contributed by atoms with Crippen LogP contribution in [0.3, 0.4) is 0 Å². The number of nitrogens with zero attached hydrogens (tertiary/aromatic N) is 1. The molecule has 2 aliphatic carbocycles. The zero-order valence-electron chi connectivity index (χ0n) is 21.2. The predicted molar refractivity (Wildman–Crippen MR) is 134 cm³/mol. The fraction of sp³-hybridized carbons (Fsp3) is 0.552. The van der Waals surface area contributed by atoms with Crippen molar-refractivity contribution in [2.24, 2.45) is 11.3 Å². The van der Waals surface area contributed by atoms with Crippen molar-refractivity contribution in [3.8, 4) is 11.5 Å². The van der Waals surface area contributed by atoms with Gasteiger partial charge < -0.3 is 24.1 Å². The van der Waals surface area contributed by atoms with Crippen LogP contribution in [0, 0.1) is 11.3 Å². The second-order valence-corrected chi connectivity index (χ2v) is 11.2. The number of carboxylic acids is 1. The first kappa shape index (κ1) is 23.8. The van der Waals surface area contributed by atoms with E-state index in [9.17, 15) is 9.90 Å². The zero-order chi connectivity index (χ0) is 25.1. The molecule has 6 atom stereocenters. The Labute approximate surface area is 212 Å². The number of aliphatic carboxylic acids is 1. The van der Waals surface area contributed by atoms with Crippen LogP contribution in [0.25, 0.3) is 0 Å². The van der Waals surface area contributed by atoms with Gasteiger partial charge in [-0.3, -0.25) is 9.69 Å². The summed E-state index contributed by atoms with van der Waals surface area (Å²) in [6.07, 6.45) is 2.21. The maximum Gasteiger partial charge on any atom is 0.317 e. The monoisotopic (exact) mass is 493 g/mol. The van der Waals surface area contributed by atoms with Gasteiger partial charge in [-0.2, -0.15) is 0 Å². The van der Waals surface area contributed by atoms with Crippen LogP contribution in [-0.4, -0.2) is 68.1 Å². The predicted octanol–water partition coefficient (Wildman–Crippen LogP) is 3.67. The van der Waals surface area contributed by atoms with Gasteiger partial charge in [-0.15, -0.1) is 0 Å². The molecule has 1 saturated carbocycles. The van der Waals surface area contributed by atoms with Gasteiger partial charge in [0.2, 0.25) is 0 Å². The molecule has 1 saturated heterocycles. The van der Waals surface area contributed by atoms with Gasteiger partial charge >= 0.3 is 5.97 Å². The molecule has 6 rings (SSSR count). The Balaban J connectivity index is 1.40. The maximum absolute atomic E-state index is 11.8. The van der Waals surface area contributed by atoms with E-state index in [0.717, 1.165) is 42.9 Å². The number of carboxylic acid groups (broad SMARTS) is 1. The molecular weight excluding hydrogens is 458 g/mol. The molecule has 0 radical (unpaired) electrons.